The van der Waals surface area contributed by atoms with Gasteiger partial charge in [0.1, 0.15) is 0 Å². The zero-order valence-electron chi connectivity index (χ0n) is 17.6. The quantitative estimate of drug-likeness (QED) is 0.496. The first-order valence-electron chi connectivity index (χ1n) is 10.2. The molecule has 1 saturated heterocycles. The molecular formula is C21H24N8O3. The molecule has 11 nitrogen and oxygen atoms in total. The smallest absolute Gasteiger partial charge is 0.308 e. The summed E-state index contributed by atoms with van der Waals surface area (Å²) in [5, 5.41) is 3.24. The van der Waals surface area contributed by atoms with E-state index in [4.69, 9.17) is 16.2 Å². The SMILES string of the molecule is COC(=O)C1CCN(C(=O)c2cccc(NCc3cnc4nc(N)nc(N)c4n3)c2)CC1. The zero-order valence-corrected chi connectivity index (χ0v) is 17.6. The van der Waals surface area contributed by atoms with Crippen LogP contribution < -0.4 is 16.8 Å². The number of methoxy groups -OCH3 is 1. The molecule has 1 amide bonds. The highest BCUT2D eigenvalue weighted by molar-refractivity contribution is 5.95. The third-order valence-corrected chi connectivity index (χ3v) is 5.40. The van der Waals surface area contributed by atoms with Gasteiger partial charge in [0.15, 0.2) is 17.0 Å². The van der Waals surface area contributed by atoms with E-state index in [2.05, 4.69) is 25.3 Å². The first-order chi connectivity index (χ1) is 15.4. The maximum atomic E-state index is 12.9. The number of fused-ring (bicyclic) bond motifs is 1. The number of hydrogen-bond acceptors (Lipinski definition) is 10. The number of likely N-dealkylation sites (tertiary alicyclic amines) is 1. The minimum Gasteiger partial charge on any atom is -0.469 e. The number of anilines is 3. The number of rotatable bonds is 5. The Morgan fingerprint density at radius 2 is 1.97 bits per heavy atom. The summed E-state index contributed by atoms with van der Waals surface area (Å²) in [5.74, 6) is -0.200. The zero-order chi connectivity index (χ0) is 22.7. The van der Waals surface area contributed by atoms with Crippen LogP contribution in [0.5, 0.6) is 0 Å². The highest BCUT2D eigenvalue weighted by atomic mass is 16.5. The second-order valence-corrected chi connectivity index (χ2v) is 7.52. The van der Waals surface area contributed by atoms with E-state index in [1.807, 2.05) is 12.1 Å². The van der Waals surface area contributed by atoms with Crippen LogP contribution >= 0.6 is 0 Å². The number of piperidine rings is 1. The molecule has 0 bridgehead atoms. The van der Waals surface area contributed by atoms with Crippen molar-refractivity contribution in [3.63, 3.8) is 0 Å². The number of nitrogens with one attached hydrogen (secondary N) is 1. The van der Waals surface area contributed by atoms with Crippen molar-refractivity contribution in [1.29, 1.82) is 0 Å². The number of aromatic nitrogens is 4. The third-order valence-electron chi connectivity index (χ3n) is 5.40. The van der Waals surface area contributed by atoms with Gasteiger partial charge in [-0.1, -0.05) is 6.07 Å². The predicted molar refractivity (Wildman–Crippen MR) is 118 cm³/mol. The molecule has 0 spiro atoms. The monoisotopic (exact) mass is 436 g/mol. The van der Waals surface area contributed by atoms with E-state index < -0.39 is 0 Å². The summed E-state index contributed by atoms with van der Waals surface area (Å²) in [7, 11) is 1.39. The van der Waals surface area contributed by atoms with Crippen molar-refractivity contribution in [1.82, 2.24) is 24.8 Å². The Labute approximate surface area is 184 Å². The summed E-state index contributed by atoms with van der Waals surface area (Å²) in [6.07, 6.45) is 2.80. The van der Waals surface area contributed by atoms with E-state index >= 15 is 0 Å². The second kappa shape index (κ2) is 9.00. The topological polar surface area (TPSA) is 162 Å². The van der Waals surface area contributed by atoms with Crippen molar-refractivity contribution in [3.05, 3.63) is 41.7 Å². The Balaban J connectivity index is 1.41. The van der Waals surface area contributed by atoms with Crippen LogP contribution in [0.2, 0.25) is 0 Å². The van der Waals surface area contributed by atoms with E-state index in [1.165, 1.54) is 7.11 Å². The molecule has 1 fully saturated rings. The lowest BCUT2D eigenvalue weighted by atomic mass is 9.96. The van der Waals surface area contributed by atoms with Gasteiger partial charge >= 0.3 is 5.97 Å². The normalized spacial score (nSPS) is 14.3. The number of benzene rings is 1. The number of carbonyl (C=O) groups is 2. The molecule has 0 radical (unpaired) electrons. The number of esters is 1. The number of ether oxygens (including phenoxy) is 1. The molecule has 4 rings (SSSR count). The average molecular weight is 436 g/mol. The molecule has 2 aromatic heterocycles. The molecule has 3 aromatic rings. The summed E-state index contributed by atoms with van der Waals surface area (Å²) in [6.45, 7) is 1.42. The molecule has 1 aliphatic rings. The van der Waals surface area contributed by atoms with Gasteiger partial charge in [-0.2, -0.15) is 9.97 Å². The number of carbonyl (C=O) groups excluding carboxylic acids is 2. The van der Waals surface area contributed by atoms with Crippen molar-refractivity contribution in [3.8, 4) is 0 Å². The number of nitrogens with zero attached hydrogens (tertiary/aromatic N) is 5. The van der Waals surface area contributed by atoms with Gasteiger partial charge in [0.05, 0.1) is 31.5 Å². The Morgan fingerprint density at radius 1 is 1.19 bits per heavy atom. The van der Waals surface area contributed by atoms with Gasteiger partial charge in [-0.05, 0) is 31.0 Å². The molecule has 0 atom stereocenters. The van der Waals surface area contributed by atoms with Crippen molar-refractivity contribution < 1.29 is 14.3 Å². The predicted octanol–water partition coefficient (Wildman–Crippen LogP) is 1.22. The maximum Gasteiger partial charge on any atom is 0.308 e. The van der Waals surface area contributed by atoms with Gasteiger partial charge < -0.3 is 26.4 Å². The average Bonchev–Trinajstić information content (AvgIpc) is 2.82. The van der Waals surface area contributed by atoms with Crippen molar-refractivity contribution in [2.45, 2.75) is 19.4 Å². The summed E-state index contributed by atoms with van der Waals surface area (Å²) < 4.78 is 4.80. The highest BCUT2D eigenvalue weighted by Crippen LogP contribution is 2.21. The standard InChI is InChI=1S/C21H24N8O3/c1-32-20(31)12-5-7-29(8-6-12)19(30)13-3-2-4-14(9-13)24-10-15-11-25-18-16(26-15)17(22)27-21(23)28-18/h2-4,9,11-12,24H,5-8,10H2,1H3,(H4,22,23,25,27,28). The molecule has 0 saturated carbocycles. The van der Waals surface area contributed by atoms with Crippen LogP contribution in [0.15, 0.2) is 30.5 Å². The maximum absolute atomic E-state index is 12.9. The lowest BCUT2D eigenvalue weighted by molar-refractivity contribution is -0.146. The molecule has 1 aromatic carbocycles. The minimum absolute atomic E-state index is 0.0474. The van der Waals surface area contributed by atoms with Gasteiger partial charge in [0, 0.05) is 24.3 Å². The molecule has 0 aliphatic carbocycles. The van der Waals surface area contributed by atoms with Crippen LogP contribution in [-0.4, -0.2) is 56.9 Å². The Hall–Kier alpha value is -4.02. The van der Waals surface area contributed by atoms with Crippen LogP contribution in [0, 0.1) is 5.92 Å². The summed E-state index contributed by atoms with van der Waals surface area (Å²) >= 11 is 0. The van der Waals surface area contributed by atoms with E-state index in [1.54, 1.807) is 23.2 Å². The second-order valence-electron chi connectivity index (χ2n) is 7.52. The molecule has 0 unspecified atom stereocenters. The van der Waals surface area contributed by atoms with Gasteiger partial charge in [-0.3, -0.25) is 9.59 Å². The fourth-order valence-electron chi connectivity index (χ4n) is 3.69. The van der Waals surface area contributed by atoms with Gasteiger partial charge in [-0.15, -0.1) is 0 Å². The van der Waals surface area contributed by atoms with E-state index in [0.717, 1.165) is 5.69 Å². The van der Waals surface area contributed by atoms with Crippen LogP contribution in [0.4, 0.5) is 17.5 Å². The summed E-state index contributed by atoms with van der Waals surface area (Å²) in [6, 6.07) is 7.25. The molecule has 5 N–H and O–H groups in total. The molecule has 11 heteroatoms. The molecule has 32 heavy (non-hydrogen) atoms. The van der Waals surface area contributed by atoms with Crippen molar-refractivity contribution >= 4 is 40.5 Å². The fraction of sp³-hybridized carbons (Fsp3) is 0.333. The third kappa shape index (κ3) is 4.51. The molecular weight excluding hydrogens is 412 g/mol. The number of hydrogen-bond donors (Lipinski definition) is 3. The molecule has 3 heterocycles. The van der Waals surface area contributed by atoms with E-state index in [9.17, 15) is 9.59 Å². The number of nitrogens with two attached hydrogens (primary N) is 2. The van der Waals surface area contributed by atoms with Gasteiger partial charge in [0.2, 0.25) is 5.95 Å². The van der Waals surface area contributed by atoms with Crippen molar-refractivity contribution in [2.24, 2.45) is 5.92 Å². The lowest BCUT2D eigenvalue weighted by Gasteiger charge is -2.30. The van der Waals surface area contributed by atoms with Crippen LogP contribution in [-0.2, 0) is 16.1 Å². The van der Waals surface area contributed by atoms with Crippen LogP contribution in [0.1, 0.15) is 28.9 Å². The molecule has 166 valence electrons. The van der Waals surface area contributed by atoms with Crippen LogP contribution in [0.25, 0.3) is 11.2 Å². The van der Waals surface area contributed by atoms with Crippen LogP contribution in [0.3, 0.4) is 0 Å². The summed E-state index contributed by atoms with van der Waals surface area (Å²) in [5.41, 5.74) is 14.2. The number of nitrogen functional groups attached to an aromatic ring is 2. The largest absolute Gasteiger partial charge is 0.469 e. The molecule has 1 aliphatic heterocycles. The van der Waals surface area contributed by atoms with E-state index in [-0.39, 0.29) is 29.6 Å². The highest BCUT2D eigenvalue weighted by Gasteiger charge is 2.28. The first kappa shape index (κ1) is 21.2. The van der Waals surface area contributed by atoms with Crippen molar-refractivity contribution in [2.75, 3.05) is 37.0 Å². The minimum atomic E-state index is -0.211. The number of amides is 1. The fourth-order valence-corrected chi connectivity index (χ4v) is 3.69. The summed E-state index contributed by atoms with van der Waals surface area (Å²) in [4.78, 5) is 43.0. The lowest BCUT2D eigenvalue weighted by Crippen LogP contribution is -2.40. The Bertz CT molecular complexity index is 1160. The van der Waals surface area contributed by atoms with E-state index in [0.29, 0.717) is 54.9 Å². The van der Waals surface area contributed by atoms with Gasteiger partial charge in [0.25, 0.3) is 5.91 Å². The Kier molecular flexibility index (Phi) is 5.97. The van der Waals surface area contributed by atoms with Gasteiger partial charge in [-0.25, -0.2) is 9.97 Å². The Morgan fingerprint density at radius 3 is 2.72 bits per heavy atom. The first-order valence-corrected chi connectivity index (χ1v) is 10.2.